The molecule has 1 rings (SSSR count). The molecule has 68 valence electrons. The van der Waals surface area contributed by atoms with Gasteiger partial charge in [-0.2, -0.15) is 11.8 Å². The van der Waals surface area contributed by atoms with Gasteiger partial charge in [-0.1, -0.05) is 0 Å². The number of imidazole rings is 1. The highest BCUT2D eigenvalue weighted by Gasteiger charge is 2.17. The molecule has 2 N–H and O–H groups in total. The van der Waals surface area contributed by atoms with E-state index in [1.54, 1.807) is 6.20 Å². The fourth-order valence-corrected chi connectivity index (χ4v) is 1.22. The van der Waals surface area contributed by atoms with Crippen molar-refractivity contribution in [3.05, 3.63) is 12.4 Å². The summed E-state index contributed by atoms with van der Waals surface area (Å²) in [4.78, 5) is 3.97. The molecule has 1 heterocycles. The summed E-state index contributed by atoms with van der Waals surface area (Å²) in [7, 11) is 0. The zero-order chi connectivity index (χ0) is 9.19. The van der Waals surface area contributed by atoms with Crippen LogP contribution in [0.1, 0.15) is 13.8 Å². The summed E-state index contributed by atoms with van der Waals surface area (Å²) in [6, 6.07) is 0. The highest BCUT2D eigenvalue weighted by Crippen LogP contribution is 2.23. The minimum atomic E-state index is 0.217. The molecular formula is C8H15N3S. The number of hydrogen-bond acceptors (Lipinski definition) is 3. The first-order valence-corrected chi connectivity index (χ1v) is 5.09. The summed E-state index contributed by atoms with van der Waals surface area (Å²) in [5.41, 5.74) is 5.65. The minimum absolute atomic E-state index is 0.217. The summed E-state index contributed by atoms with van der Waals surface area (Å²) in [5.74, 6) is 0.595. The van der Waals surface area contributed by atoms with Crippen LogP contribution in [-0.4, -0.2) is 20.6 Å². The van der Waals surface area contributed by atoms with Crippen LogP contribution in [0.3, 0.4) is 0 Å². The molecule has 0 unspecified atom stereocenters. The zero-order valence-electron chi connectivity index (χ0n) is 7.74. The molecule has 0 aliphatic carbocycles. The van der Waals surface area contributed by atoms with E-state index in [0.717, 1.165) is 6.54 Å². The van der Waals surface area contributed by atoms with Gasteiger partial charge in [0.25, 0.3) is 0 Å². The minimum Gasteiger partial charge on any atom is -0.369 e. The molecule has 4 heteroatoms. The Morgan fingerprint density at radius 3 is 2.75 bits per heavy atom. The van der Waals surface area contributed by atoms with Crippen LogP contribution in [0.5, 0.6) is 0 Å². The summed E-state index contributed by atoms with van der Waals surface area (Å²) >= 11 is 1.83. The quantitative estimate of drug-likeness (QED) is 0.778. The lowest BCUT2D eigenvalue weighted by Gasteiger charge is -2.22. The van der Waals surface area contributed by atoms with Crippen LogP contribution >= 0.6 is 11.8 Å². The molecule has 0 amide bonds. The number of hydrogen-bond donors (Lipinski definition) is 1. The molecule has 0 saturated carbocycles. The lowest BCUT2D eigenvalue weighted by Crippen LogP contribution is -2.22. The Hall–Kier alpha value is -0.640. The van der Waals surface area contributed by atoms with E-state index in [2.05, 4.69) is 25.1 Å². The fraction of sp³-hybridized carbons (Fsp3) is 0.625. The molecule has 1 aromatic heterocycles. The second-order valence-corrected chi connectivity index (χ2v) is 4.89. The van der Waals surface area contributed by atoms with Crippen molar-refractivity contribution >= 4 is 17.7 Å². The first-order chi connectivity index (χ1) is 5.55. The lowest BCUT2D eigenvalue weighted by atomic mass is 10.2. The number of aromatic nitrogens is 2. The maximum Gasteiger partial charge on any atom is 0.200 e. The molecule has 0 fully saturated rings. The van der Waals surface area contributed by atoms with Gasteiger partial charge in [0, 0.05) is 23.7 Å². The number of anilines is 1. The molecule has 1 aromatic rings. The summed E-state index contributed by atoms with van der Waals surface area (Å²) in [6.07, 6.45) is 5.74. The second-order valence-electron chi connectivity index (χ2n) is 3.38. The predicted octanol–water partition coefficient (Wildman–Crippen LogP) is 1.61. The topological polar surface area (TPSA) is 43.8 Å². The molecule has 0 bridgehead atoms. The SMILES string of the molecule is CSC(C)(C)Cn1ccnc1N. The lowest BCUT2D eigenvalue weighted by molar-refractivity contribution is 0.574. The van der Waals surface area contributed by atoms with E-state index in [1.165, 1.54) is 0 Å². The van der Waals surface area contributed by atoms with Crippen LogP contribution < -0.4 is 5.73 Å². The molecule has 3 nitrogen and oxygen atoms in total. The number of thioether (sulfide) groups is 1. The van der Waals surface area contributed by atoms with Gasteiger partial charge < -0.3 is 10.3 Å². The van der Waals surface area contributed by atoms with E-state index in [-0.39, 0.29) is 4.75 Å². The third-order valence-electron chi connectivity index (χ3n) is 1.85. The monoisotopic (exact) mass is 185 g/mol. The molecule has 0 atom stereocenters. The van der Waals surface area contributed by atoms with Crippen molar-refractivity contribution in [2.75, 3.05) is 12.0 Å². The number of nitrogens with two attached hydrogens (primary N) is 1. The Labute approximate surface area is 77.4 Å². The number of rotatable bonds is 3. The highest BCUT2D eigenvalue weighted by molar-refractivity contribution is 7.99. The largest absolute Gasteiger partial charge is 0.369 e. The van der Waals surface area contributed by atoms with Crippen molar-refractivity contribution < 1.29 is 0 Å². The average molecular weight is 185 g/mol. The first kappa shape index (κ1) is 9.45. The van der Waals surface area contributed by atoms with Crippen LogP contribution in [0.4, 0.5) is 5.95 Å². The van der Waals surface area contributed by atoms with Gasteiger partial charge in [0.1, 0.15) is 0 Å². The molecule has 12 heavy (non-hydrogen) atoms. The van der Waals surface area contributed by atoms with Crippen molar-refractivity contribution in [3.63, 3.8) is 0 Å². The van der Waals surface area contributed by atoms with Gasteiger partial charge in [0.15, 0.2) is 5.95 Å². The van der Waals surface area contributed by atoms with E-state index in [0.29, 0.717) is 5.95 Å². The van der Waals surface area contributed by atoms with Crippen molar-refractivity contribution in [2.24, 2.45) is 0 Å². The van der Waals surface area contributed by atoms with E-state index in [9.17, 15) is 0 Å². The van der Waals surface area contributed by atoms with E-state index in [1.807, 2.05) is 22.5 Å². The van der Waals surface area contributed by atoms with E-state index < -0.39 is 0 Å². The maximum atomic E-state index is 5.65. The van der Waals surface area contributed by atoms with Crippen LogP contribution in [0.25, 0.3) is 0 Å². The molecule has 0 aliphatic rings. The Kier molecular flexibility index (Phi) is 2.67. The van der Waals surface area contributed by atoms with Gasteiger partial charge in [-0.05, 0) is 20.1 Å². The standard InChI is InChI=1S/C8H15N3S/c1-8(2,12-3)6-11-5-4-10-7(11)9/h4-5H,6H2,1-3H3,(H2,9,10). The van der Waals surface area contributed by atoms with Crippen molar-refractivity contribution in [1.82, 2.24) is 9.55 Å². The van der Waals surface area contributed by atoms with Gasteiger partial charge in [0.2, 0.25) is 0 Å². The normalized spacial score (nSPS) is 11.9. The van der Waals surface area contributed by atoms with Crippen LogP contribution in [0.2, 0.25) is 0 Å². The third-order valence-corrected chi connectivity index (χ3v) is 3.09. The Morgan fingerprint density at radius 1 is 1.67 bits per heavy atom. The smallest absolute Gasteiger partial charge is 0.200 e. The van der Waals surface area contributed by atoms with Crippen LogP contribution in [-0.2, 0) is 6.54 Å². The molecule has 0 spiro atoms. The van der Waals surface area contributed by atoms with E-state index in [4.69, 9.17) is 5.73 Å². The summed E-state index contributed by atoms with van der Waals surface area (Å²) in [5, 5.41) is 0. The molecule has 0 aromatic carbocycles. The number of nitrogen functional groups attached to an aromatic ring is 1. The molecular weight excluding hydrogens is 170 g/mol. The average Bonchev–Trinajstić information content (AvgIpc) is 2.36. The maximum absolute atomic E-state index is 5.65. The molecule has 0 aliphatic heterocycles. The van der Waals surface area contributed by atoms with Gasteiger partial charge in [0.05, 0.1) is 0 Å². The van der Waals surface area contributed by atoms with Gasteiger partial charge in [-0.25, -0.2) is 4.98 Å². The van der Waals surface area contributed by atoms with Gasteiger partial charge >= 0.3 is 0 Å². The third kappa shape index (κ3) is 2.17. The predicted molar refractivity (Wildman–Crippen MR) is 54.2 cm³/mol. The van der Waals surface area contributed by atoms with Crippen molar-refractivity contribution in [3.8, 4) is 0 Å². The van der Waals surface area contributed by atoms with Crippen molar-refractivity contribution in [2.45, 2.75) is 25.1 Å². The van der Waals surface area contributed by atoms with Crippen LogP contribution in [0, 0.1) is 0 Å². The highest BCUT2D eigenvalue weighted by atomic mass is 32.2. The van der Waals surface area contributed by atoms with E-state index >= 15 is 0 Å². The Balaban J connectivity index is 2.70. The Morgan fingerprint density at radius 2 is 2.33 bits per heavy atom. The summed E-state index contributed by atoms with van der Waals surface area (Å²) in [6.45, 7) is 5.29. The van der Waals surface area contributed by atoms with Gasteiger partial charge in [-0.3, -0.25) is 0 Å². The molecule has 0 saturated heterocycles. The van der Waals surface area contributed by atoms with Crippen molar-refractivity contribution in [1.29, 1.82) is 0 Å². The molecule has 0 radical (unpaired) electrons. The van der Waals surface area contributed by atoms with Crippen LogP contribution in [0.15, 0.2) is 12.4 Å². The first-order valence-electron chi connectivity index (χ1n) is 3.87. The second kappa shape index (κ2) is 3.39. The zero-order valence-corrected chi connectivity index (χ0v) is 8.56. The summed E-state index contributed by atoms with van der Waals surface area (Å²) < 4.78 is 2.19. The number of nitrogens with zero attached hydrogens (tertiary/aromatic N) is 2. The van der Waals surface area contributed by atoms with Gasteiger partial charge in [-0.15, -0.1) is 0 Å². The Bertz CT molecular complexity index is 255. The fourth-order valence-electron chi connectivity index (χ4n) is 0.949.